The lowest BCUT2D eigenvalue weighted by Gasteiger charge is -2.09. The van der Waals surface area contributed by atoms with Gasteiger partial charge in [-0.2, -0.15) is 0 Å². The van der Waals surface area contributed by atoms with Crippen LogP contribution in [0.2, 0.25) is 5.02 Å². The van der Waals surface area contributed by atoms with E-state index in [2.05, 4.69) is 4.57 Å². The van der Waals surface area contributed by atoms with Crippen LogP contribution in [0, 0.1) is 6.92 Å². The molecule has 21 heavy (non-hydrogen) atoms. The van der Waals surface area contributed by atoms with Gasteiger partial charge >= 0.3 is 0 Å². The zero-order valence-electron chi connectivity index (χ0n) is 11.6. The van der Waals surface area contributed by atoms with Crippen LogP contribution < -0.4 is 5.73 Å². The number of benzene rings is 2. The average molecular weight is 299 g/mol. The summed E-state index contributed by atoms with van der Waals surface area (Å²) in [6, 6.07) is 15.5. The summed E-state index contributed by atoms with van der Waals surface area (Å²) in [6.45, 7) is 2.60. The Balaban J connectivity index is 2.16. The van der Waals surface area contributed by atoms with Crippen molar-refractivity contribution < 1.29 is 4.79 Å². The van der Waals surface area contributed by atoms with Gasteiger partial charge in [-0.05, 0) is 30.7 Å². The minimum absolute atomic E-state index is 0.390. The Morgan fingerprint density at radius 2 is 1.81 bits per heavy atom. The fourth-order valence-corrected chi connectivity index (χ4v) is 2.84. The van der Waals surface area contributed by atoms with Crippen molar-refractivity contribution in [3.8, 4) is 0 Å². The highest BCUT2D eigenvalue weighted by Crippen LogP contribution is 2.26. The highest BCUT2D eigenvalue weighted by atomic mass is 35.5. The highest BCUT2D eigenvalue weighted by Gasteiger charge is 2.17. The fraction of sp³-hybridized carbons (Fsp3) is 0.118. The molecule has 1 aromatic heterocycles. The van der Waals surface area contributed by atoms with Gasteiger partial charge in [0.1, 0.15) is 0 Å². The number of carbonyl (C=O) groups is 1. The molecule has 3 rings (SSSR count). The minimum atomic E-state index is -0.390. The van der Waals surface area contributed by atoms with E-state index in [9.17, 15) is 4.79 Å². The second-order valence-corrected chi connectivity index (χ2v) is 5.49. The molecule has 1 heterocycles. The number of amides is 1. The first-order chi connectivity index (χ1) is 10.1. The number of hydrogen-bond donors (Lipinski definition) is 1. The molecule has 0 bridgehead atoms. The van der Waals surface area contributed by atoms with Crippen LogP contribution in [0.1, 0.15) is 21.6 Å². The van der Waals surface area contributed by atoms with Crippen LogP contribution in [0.3, 0.4) is 0 Å². The second-order valence-electron chi connectivity index (χ2n) is 5.05. The molecule has 4 heteroatoms. The van der Waals surface area contributed by atoms with Crippen molar-refractivity contribution in [2.75, 3.05) is 0 Å². The van der Waals surface area contributed by atoms with Crippen molar-refractivity contribution in [3.05, 3.63) is 70.4 Å². The number of nitrogens with two attached hydrogens (primary N) is 1. The van der Waals surface area contributed by atoms with Crippen molar-refractivity contribution in [2.45, 2.75) is 13.5 Å². The molecular weight excluding hydrogens is 284 g/mol. The molecule has 0 unspecified atom stereocenters. The van der Waals surface area contributed by atoms with Gasteiger partial charge in [0.2, 0.25) is 0 Å². The van der Waals surface area contributed by atoms with E-state index in [-0.39, 0.29) is 0 Å². The zero-order valence-corrected chi connectivity index (χ0v) is 12.4. The first-order valence-corrected chi connectivity index (χ1v) is 7.08. The Kier molecular flexibility index (Phi) is 3.43. The Bertz CT molecular complexity index is 819. The van der Waals surface area contributed by atoms with Gasteiger partial charge in [0.05, 0.1) is 5.56 Å². The van der Waals surface area contributed by atoms with Gasteiger partial charge in [-0.25, -0.2) is 0 Å². The second kappa shape index (κ2) is 5.26. The average Bonchev–Trinajstić information content (AvgIpc) is 2.74. The molecule has 0 saturated carbocycles. The van der Waals surface area contributed by atoms with Gasteiger partial charge in [0.25, 0.3) is 5.91 Å². The number of hydrogen-bond acceptors (Lipinski definition) is 1. The Morgan fingerprint density at radius 3 is 2.48 bits per heavy atom. The number of halogens is 1. The number of fused-ring (bicyclic) bond motifs is 1. The summed E-state index contributed by atoms with van der Waals surface area (Å²) in [7, 11) is 0. The molecule has 0 spiro atoms. The van der Waals surface area contributed by atoms with Crippen LogP contribution in [0.15, 0.2) is 48.5 Å². The van der Waals surface area contributed by atoms with Crippen molar-refractivity contribution in [1.29, 1.82) is 0 Å². The molecule has 0 fully saturated rings. The monoisotopic (exact) mass is 298 g/mol. The van der Waals surface area contributed by atoms with E-state index in [0.29, 0.717) is 17.1 Å². The minimum Gasteiger partial charge on any atom is -0.366 e. The standard InChI is InChI=1S/C17H15ClN2O/c1-11-16(17(19)21)14-4-2-3-5-15(14)20(11)10-12-6-8-13(18)9-7-12/h2-9H,10H2,1H3,(H2,19,21). The summed E-state index contributed by atoms with van der Waals surface area (Å²) in [6.07, 6.45) is 0. The summed E-state index contributed by atoms with van der Waals surface area (Å²) in [4.78, 5) is 11.7. The van der Waals surface area contributed by atoms with Crippen LogP contribution >= 0.6 is 11.6 Å². The lowest BCUT2D eigenvalue weighted by atomic mass is 10.1. The third kappa shape index (κ3) is 2.41. The Labute approximate surface area is 127 Å². The molecule has 0 saturated heterocycles. The third-order valence-electron chi connectivity index (χ3n) is 3.73. The number of carbonyl (C=O) groups excluding carboxylic acids is 1. The topological polar surface area (TPSA) is 48.0 Å². The van der Waals surface area contributed by atoms with Gasteiger partial charge in [0.15, 0.2) is 0 Å². The van der Waals surface area contributed by atoms with E-state index in [1.807, 2.05) is 55.5 Å². The maximum atomic E-state index is 11.7. The molecule has 0 radical (unpaired) electrons. The lowest BCUT2D eigenvalue weighted by Crippen LogP contribution is -2.13. The van der Waals surface area contributed by atoms with Crippen LogP contribution in [0.5, 0.6) is 0 Å². The van der Waals surface area contributed by atoms with Crippen molar-refractivity contribution in [3.63, 3.8) is 0 Å². The summed E-state index contributed by atoms with van der Waals surface area (Å²) in [5, 5.41) is 1.61. The van der Waals surface area contributed by atoms with Crippen LogP contribution in [-0.4, -0.2) is 10.5 Å². The zero-order chi connectivity index (χ0) is 15.0. The number of para-hydroxylation sites is 1. The Hall–Kier alpha value is -2.26. The van der Waals surface area contributed by atoms with E-state index in [1.54, 1.807) is 0 Å². The molecular formula is C17H15ClN2O. The van der Waals surface area contributed by atoms with Gasteiger partial charge in [-0.3, -0.25) is 4.79 Å². The van der Waals surface area contributed by atoms with Crippen LogP contribution in [0.4, 0.5) is 0 Å². The van der Waals surface area contributed by atoms with E-state index < -0.39 is 5.91 Å². The SMILES string of the molecule is Cc1c(C(N)=O)c2ccccc2n1Cc1ccc(Cl)cc1. The molecule has 3 nitrogen and oxygen atoms in total. The van der Waals surface area contributed by atoms with Crippen molar-refractivity contribution >= 4 is 28.4 Å². The summed E-state index contributed by atoms with van der Waals surface area (Å²) < 4.78 is 2.11. The van der Waals surface area contributed by atoms with Crippen molar-refractivity contribution in [2.24, 2.45) is 5.73 Å². The molecule has 1 amide bonds. The molecule has 106 valence electrons. The maximum Gasteiger partial charge on any atom is 0.251 e. The number of nitrogens with zero attached hydrogens (tertiary/aromatic N) is 1. The first-order valence-electron chi connectivity index (χ1n) is 6.70. The maximum absolute atomic E-state index is 11.7. The largest absolute Gasteiger partial charge is 0.366 e. The first kappa shape index (κ1) is 13.7. The number of rotatable bonds is 3. The lowest BCUT2D eigenvalue weighted by molar-refractivity contribution is 0.100. The van der Waals surface area contributed by atoms with Crippen LogP contribution in [0.25, 0.3) is 10.9 Å². The predicted molar refractivity (Wildman–Crippen MR) is 85.7 cm³/mol. The Morgan fingerprint density at radius 1 is 1.14 bits per heavy atom. The summed E-state index contributed by atoms with van der Waals surface area (Å²) in [5.74, 6) is -0.390. The van der Waals surface area contributed by atoms with Gasteiger partial charge in [-0.15, -0.1) is 0 Å². The number of aromatic nitrogens is 1. The summed E-state index contributed by atoms with van der Waals surface area (Å²) >= 11 is 5.92. The smallest absolute Gasteiger partial charge is 0.251 e. The van der Waals surface area contributed by atoms with Crippen LogP contribution in [-0.2, 0) is 6.54 Å². The molecule has 0 aliphatic heterocycles. The molecule has 2 aromatic carbocycles. The number of primary amides is 1. The third-order valence-corrected chi connectivity index (χ3v) is 3.98. The van der Waals surface area contributed by atoms with Gasteiger partial charge in [-0.1, -0.05) is 41.9 Å². The van der Waals surface area contributed by atoms with E-state index >= 15 is 0 Å². The predicted octanol–water partition coefficient (Wildman–Crippen LogP) is 3.75. The fourth-order valence-electron chi connectivity index (χ4n) is 2.72. The molecule has 0 atom stereocenters. The molecule has 0 aliphatic carbocycles. The highest BCUT2D eigenvalue weighted by molar-refractivity contribution is 6.30. The van der Waals surface area contributed by atoms with E-state index in [0.717, 1.165) is 22.2 Å². The van der Waals surface area contributed by atoms with E-state index in [4.69, 9.17) is 17.3 Å². The summed E-state index contributed by atoms with van der Waals surface area (Å²) in [5.41, 5.74) is 9.16. The quantitative estimate of drug-likeness (QED) is 0.786. The molecule has 3 aromatic rings. The van der Waals surface area contributed by atoms with Gasteiger partial charge < -0.3 is 10.3 Å². The normalized spacial score (nSPS) is 11.0. The van der Waals surface area contributed by atoms with Crippen molar-refractivity contribution in [1.82, 2.24) is 4.57 Å². The molecule has 0 aliphatic rings. The van der Waals surface area contributed by atoms with E-state index in [1.165, 1.54) is 0 Å². The van der Waals surface area contributed by atoms with Gasteiger partial charge in [0, 0.05) is 28.2 Å². The molecule has 2 N–H and O–H groups in total.